The van der Waals surface area contributed by atoms with Crippen molar-refractivity contribution in [2.45, 2.75) is 13.0 Å². The number of carbonyl (C=O) groups is 1. The Morgan fingerprint density at radius 3 is 2.76 bits per heavy atom. The number of β-amino-alcohol motifs (C(OH)–C–C–N with tert-alkyl or cyclic N) is 1. The van der Waals surface area contributed by atoms with Gasteiger partial charge in [0.2, 0.25) is 0 Å². The average Bonchev–Trinajstić information content (AvgIpc) is 2.94. The van der Waals surface area contributed by atoms with Crippen LogP contribution in [0.2, 0.25) is 0 Å². The quantitative estimate of drug-likeness (QED) is 0.895. The fraction of sp³-hybridized carbons (Fsp3) is 0.438. The molecule has 2 heterocycles. The van der Waals surface area contributed by atoms with Gasteiger partial charge in [-0.05, 0) is 30.5 Å². The minimum atomic E-state index is -0.317. The van der Waals surface area contributed by atoms with E-state index >= 15 is 0 Å². The first-order valence-electron chi connectivity index (χ1n) is 7.40. The van der Waals surface area contributed by atoms with E-state index in [1.807, 2.05) is 35.4 Å². The number of aliphatic hydroxyl groups excluding tert-OH is 1. The Morgan fingerprint density at radius 1 is 1.29 bits per heavy atom. The van der Waals surface area contributed by atoms with Crippen molar-refractivity contribution in [2.75, 3.05) is 32.7 Å². The first-order valence-corrected chi connectivity index (χ1v) is 7.40. The molecule has 21 heavy (non-hydrogen) atoms. The van der Waals surface area contributed by atoms with Crippen LogP contribution in [0.4, 0.5) is 0 Å². The zero-order valence-corrected chi connectivity index (χ0v) is 12.2. The summed E-state index contributed by atoms with van der Waals surface area (Å²) in [5.41, 5.74) is 1.72. The molecule has 112 valence electrons. The van der Waals surface area contributed by atoms with Gasteiger partial charge in [-0.15, -0.1) is 0 Å². The summed E-state index contributed by atoms with van der Waals surface area (Å²) in [6.07, 6.45) is 1.57. The van der Waals surface area contributed by atoms with Crippen LogP contribution in [-0.2, 0) is 0 Å². The highest BCUT2D eigenvalue weighted by molar-refractivity contribution is 5.98. The molecule has 1 aliphatic heterocycles. The molecule has 3 rings (SSSR count). The Kier molecular flexibility index (Phi) is 3.94. The van der Waals surface area contributed by atoms with Crippen LogP contribution >= 0.6 is 0 Å². The van der Waals surface area contributed by atoms with E-state index in [0.29, 0.717) is 19.6 Å². The van der Waals surface area contributed by atoms with Gasteiger partial charge in [0.25, 0.3) is 5.91 Å². The largest absolute Gasteiger partial charge is 0.392 e. The van der Waals surface area contributed by atoms with Crippen molar-refractivity contribution in [1.82, 2.24) is 14.8 Å². The summed E-state index contributed by atoms with van der Waals surface area (Å²) in [6, 6.07) is 7.78. The lowest BCUT2D eigenvalue weighted by molar-refractivity contribution is 0.0554. The smallest absolute Gasteiger partial charge is 0.254 e. The van der Waals surface area contributed by atoms with Crippen LogP contribution in [0.3, 0.4) is 0 Å². The van der Waals surface area contributed by atoms with Gasteiger partial charge in [-0.2, -0.15) is 0 Å². The van der Waals surface area contributed by atoms with Crippen molar-refractivity contribution in [1.29, 1.82) is 0 Å². The molecule has 2 N–H and O–H groups in total. The highest BCUT2D eigenvalue weighted by atomic mass is 16.3. The zero-order chi connectivity index (χ0) is 14.8. The van der Waals surface area contributed by atoms with Gasteiger partial charge in [-0.1, -0.05) is 6.07 Å². The van der Waals surface area contributed by atoms with Gasteiger partial charge < -0.3 is 15.0 Å². The SMILES string of the molecule is CC(O)CN1CCN(C(=O)c2ccc3cc[nH]c3c2)CC1. The molecule has 0 aliphatic carbocycles. The number of piperazine rings is 1. The highest BCUT2D eigenvalue weighted by Gasteiger charge is 2.22. The molecule has 0 saturated carbocycles. The Balaban J connectivity index is 1.66. The molecular weight excluding hydrogens is 266 g/mol. The Bertz CT molecular complexity index is 627. The minimum absolute atomic E-state index is 0.0863. The fourth-order valence-corrected chi connectivity index (χ4v) is 2.87. The van der Waals surface area contributed by atoms with Crippen LogP contribution in [0.5, 0.6) is 0 Å². The van der Waals surface area contributed by atoms with Crippen LogP contribution in [0.15, 0.2) is 30.5 Å². The number of aromatic amines is 1. The number of fused-ring (bicyclic) bond motifs is 1. The van der Waals surface area contributed by atoms with Gasteiger partial charge in [-0.25, -0.2) is 0 Å². The Labute approximate surface area is 124 Å². The molecule has 0 radical (unpaired) electrons. The van der Waals surface area contributed by atoms with Crippen LogP contribution in [-0.4, -0.2) is 64.6 Å². The summed E-state index contributed by atoms with van der Waals surface area (Å²) >= 11 is 0. The molecule has 1 aliphatic rings. The van der Waals surface area contributed by atoms with Gasteiger partial charge in [0.1, 0.15) is 0 Å². The van der Waals surface area contributed by atoms with Crippen LogP contribution in [0, 0.1) is 0 Å². The number of hydrogen-bond donors (Lipinski definition) is 2. The second-order valence-electron chi connectivity index (χ2n) is 5.72. The summed E-state index contributed by atoms with van der Waals surface area (Å²) in [7, 11) is 0. The monoisotopic (exact) mass is 287 g/mol. The fourth-order valence-electron chi connectivity index (χ4n) is 2.87. The molecule has 1 aromatic carbocycles. The van der Waals surface area contributed by atoms with Gasteiger partial charge in [0, 0.05) is 50.0 Å². The molecule has 5 heteroatoms. The number of hydrogen-bond acceptors (Lipinski definition) is 3. The van der Waals surface area contributed by atoms with Crippen LogP contribution in [0.1, 0.15) is 17.3 Å². The number of rotatable bonds is 3. The van der Waals surface area contributed by atoms with Crippen molar-refractivity contribution in [3.05, 3.63) is 36.0 Å². The van der Waals surface area contributed by atoms with Gasteiger partial charge >= 0.3 is 0 Å². The zero-order valence-electron chi connectivity index (χ0n) is 12.2. The maximum Gasteiger partial charge on any atom is 0.254 e. The third-order valence-corrected chi connectivity index (χ3v) is 3.98. The summed E-state index contributed by atoms with van der Waals surface area (Å²) in [5.74, 6) is 0.0863. The van der Waals surface area contributed by atoms with Crippen molar-refractivity contribution < 1.29 is 9.90 Å². The van der Waals surface area contributed by atoms with Gasteiger partial charge in [-0.3, -0.25) is 9.69 Å². The lowest BCUT2D eigenvalue weighted by Gasteiger charge is -2.35. The van der Waals surface area contributed by atoms with Crippen LogP contribution < -0.4 is 0 Å². The molecular formula is C16H21N3O2. The van der Waals surface area contributed by atoms with E-state index in [9.17, 15) is 9.90 Å². The van der Waals surface area contributed by atoms with E-state index < -0.39 is 0 Å². The molecule has 1 aromatic heterocycles. The molecule has 1 amide bonds. The Hall–Kier alpha value is -1.85. The highest BCUT2D eigenvalue weighted by Crippen LogP contribution is 2.16. The lowest BCUT2D eigenvalue weighted by Crippen LogP contribution is -2.50. The third kappa shape index (κ3) is 3.09. The predicted octanol–water partition coefficient (Wildman–Crippen LogP) is 1.31. The number of nitrogens with one attached hydrogen (secondary N) is 1. The standard InChI is InChI=1S/C16H21N3O2/c1-12(20)11-18-6-8-19(9-7-18)16(21)14-3-2-13-4-5-17-15(13)10-14/h2-5,10,12,17,20H,6-9,11H2,1H3. The predicted molar refractivity (Wildman–Crippen MR) is 82.3 cm³/mol. The number of carbonyl (C=O) groups excluding carboxylic acids is 1. The number of aliphatic hydroxyl groups is 1. The normalized spacial score (nSPS) is 18.1. The number of aromatic nitrogens is 1. The lowest BCUT2D eigenvalue weighted by atomic mass is 10.1. The summed E-state index contributed by atoms with van der Waals surface area (Å²) in [4.78, 5) is 19.8. The molecule has 0 bridgehead atoms. The van der Waals surface area contributed by atoms with E-state index in [1.54, 1.807) is 6.92 Å². The van der Waals surface area contributed by atoms with Gasteiger partial charge in [0.05, 0.1) is 6.10 Å². The second-order valence-corrected chi connectivity index (χ2v) is 5.72. The second kappa shape index (κ2) is 5.87. The molecule has 5 nitrogen and oxygen atoms in total. The summed E-state index contributed by atoms with van der Waals surface area (Å²) in [6.45, 7) is 5.55. The van der Waals surface area contributed by atoms with Crippen LogP contribution in [0.25, 0.3) is 10.9 Å². The van der Waals surface area contributed by atoms with E-state index in [0.717, 1.165) is 29.6 Å². The third-order valence-electron chi connectivity index (χ3n) is 3.98. The van der Waals surface area contributed by atoms with Crippen molar-refractivity contribution in [3.8, 4) is 0 Å². The first kappa shape index (κ1) is 14.1. The van der Waals surface area contributed by atoms with Gasteiger partial charge in [0.15, 0.2) is 0 Å². The van der Waals surface area contributed by atoms with Crippen molar-refractivity contribution >= 4 is 16.8 Å². The molecule has 2 aromatic rings. The van der Waals surface area contributed by atoms with Crippen molar-refractivity contribution in [2.24, 2.45) is 0 Å². The molecule has 1 atom stereocenters. The van der Waals surface area contributed by atoms with E-state index in [1.165, 1.54) is 0 Å². The number of H-pyrrole nitrogens is 1. The summed E-state index contributed by atoms with van der Waals surface area (Å²) in [5, 5.41) is 10.5. The van der Waals surface area contributed by atoms with E-state index in [4.69, 9.17) is 0 Å². The molecule has 0 spiro atoms. The number of amides is 1. The summed E-state index contributed by atoms with van der Waals surface area (Å²) < 4.78 is 0. The van der Waals surface area contributed by atoms with Crippen molar-refractivity contribution in [3.63, 3.8) is 0 Å². The topological polar surface area (TPSA) is 59.6 Å². The molecule has 1 saturated heterocycles. The number of nitrogens with zero attached hydrogens (tertiary/aromatic N) is 2. The molecule has 1 unspecified atom stereocenters. The number of benzene rings is 1. The molecule has 1 fully saturated rings. The Morgan fingerprint density at radius 2 is 2.05 bits per heavy atom. The minimum Gasteiger partial charge on any atom is -0.392 e. The average molecular weight is 287 g/mol. The maximum absolute atomic E-state index is 12.5. The maximum atomic E-state index is 12.5. The first-order chi connectivity index (χ1) is 10.1. The van der Waals surface area contributed by atoms with E-state index in [2.05, 4.69) is 9.88 Å². The van der Waals surface area contributed by atoms with E-state index in [-0.39, 0.29) is 12.0 Å².